The molecule has 0 saturated carbocycles. The molecule has 0 aliphatic carbocycles. The van der Waals surface area contributed by atoms with Gasteiger partial charge in [0.15, 0.2) is 0 Å². The van der Waals surface area contributed by atoms with E-state index in [1.807, 2.05) is 24.3 Å². The molecule has 2 N–H and O–H groups in total. The smallest absolute Gasteiger partial charge is 0.127 e. The SMILES string of the molecule is Nc1ccc2c(ccn2Cc2cc(Cl)cc3c2OCC3)c1. The third kappa shape index (κ3) is 2.14. The van der Waals surface area contributed by atoms with Crippen LogP contribution < -0.4 is 10.5 Å². The molecule has 2 heterocycles. The summed E-state index contributed by atoms with van der Waals surface area (Å²) in [5.74, 6) is 0.997. The van der Waals surface area contributed by atoms with Gasteiger partial charge in [0.1, 0.15) is 5.75 Å². The topological polar surface area (TPSA) is 40.2 Å². The van der Waals surface area contributed by atoms with Gasteiger partial charge in [-0.1, -0.05) is 11.6 Å². The average molecular weight is 299 g/mol. The number of nitrogen functional groups attached to an aromatic ring is 1. The van der Waals surface area contributed by atoms with Gasteiger partial charge in [0.2, 0.25) is 0 Å². The van der Waals surface area contributed by atoms with Crippen LogP contribution in [0.4, 0.5) is 5.69 Å². The van der Waals surface area contributed by atoms with Crippen molar-refractivity contribution in [2.24, 2.45) is 0 Å². The molecule has 0 bridgehead atoms. The molecule has 0 unspecified atom stereocenters. The van der Waals surface area contributed by atoms with E-state index in [1.165, 1.54) is 5.56 Å². The maximum atomic E-state index is 6.23. The molecule has 1 aromatic heterocycles. The van der Waals surface area contributed by atoms with Crippen LogP contribution in [-0.2, 0) is 13.0 Å². The van der Waals surface area contributed by atoms with Gasteiger partial charge in [0.05, 0.1) is 13.2 Å². The number of nitrogens with zero attached hydrogens (tertiary/aromatic N) is 1. The highest BCUT2D eigenvalue weighted by Crippen LogP contribution is 2.34. The van der Waals surface area contributed by atoms with Crippen molar-refractivity contribution < 1.29 is 4.74 Å². The van der Waals surface area contributed by atoms with E-state index >= 15 is 0 Å². The molecule has 0 radical (unpaired) electrons. The second-order valence-electron chi connectivity index (χ2n) is 5.41. The Morgan fingerprint density at radius 3 is 3.00 bits per heavy atom. The lowest BCUT2D eigenvalue weighted by atomic mass is 10.1. The van der Waals surface area contributed by atoms with Crippen molar-refractivity contribution in [1.29, 1.82) is 0 Å². The Labute approximate surface area is 127 Å². The van der Waals surface area contributed by atoms with E-state index in [9.17, 15) is 0 Å². The van der Waals surface area contributed by atoms with Crippen LogP contribution in [0.2, 0.25) is 5.02 Å². The maximum absolute atomic E-state index is 6.23. The first kappa shape index (κ1) is 12.6. The molecule has 1 aliphatic rings. The molecule has 106 valence electrons. The number of anilines is 1. The number of hydrogen-bond donors (Lipinski definition) is 1. The second-order valence-corrected chi connectivity index (χ2v) is 5.85. The molecule has 4 heteroatoms. The van der Waals surface area contributed by atoms with E-state index in [0.29, 0.717) is 0 Å². The molecular weight excluding hydrogens is 284 g/mol. The number of halogens is 1. The zero-order chi connectivity index (χ0) is 14.4. The summed E-state index contributed by atoms with van der Waals surface area (Å²) >= 11 is 6.23. The van der Waals surface area contributed by atoms with Gasteiger partial charge in [-0.2, -0.15) is 0 Å². The Morgan fingerprint density at radius 2 is 2.10 bits per heavy atom. The van der Waals surface area contributed by atoms with E-state index in [-0.39, 0.29) is 0 Å². The average Bonchev–Trinajstić information content (AvgIpc) is 3.05. The van der Waals surface area contributed by atoms with Crippen LogP contribution in [0.5, 0.6) is 5.75 Å². The number of fused-ring (bicyclic) bond motifs is 2. The highest BCUT2D eigenvalue weighted by atomic mass is 35.5. The third-order valence-corrected chi connectivity index (χ3v) is 4.18. The molecule has 3 nitrogen and oxygen atoms in total. The van der Waals surface area contributed by atoms with Crippen LogP contribution in [0.15, 0.2) is 42.6 Å². The van der Waals surface area contributed by atoms with E-state index in [1.54, 1.807) is 0 Å². The number of hydrogen-bond acceptors (Lipinski definition) is 2. The summed E-state index contributed by atoms with van der Waals surface area (Å²) in [6.45, 7) is 1.49. The third-order valence-electron chi connectivity index (χ3n) is 3.96. The molecule has 0 saturated heterocycles. The van der Waals surface area contributed by atoms with Crippen LogP contribution in [0, 0.1) is 0 Å². The van der Waals surface area contributed by atoms with Crippen LogP contribution >= 0.6 is 11.6 Å². The largest absolute Gasteiger partial charge is 0.493 e. The monoisotopic (exact) mass is 298 g/mol. The van der Waals surface area contributed by atoms with Gasteiger partial charge in [0.25, 0.3) is 0 Å². The van der Waals surface area contributed by atoms with Gasteiger partial charge in [-0.3, -0.25) is 0 Å². The predicted octanol–water partition coefficient (Wildman–Crippen LogP) is 3.86. The van der Waals surface area contributed by atoms with Crippen molar-refractivity contribution in [2.75, 3.05) is 12.3 Å². The molecule has 0 spiro atoms. The van der Waals surface area contributed by atoms with Gasteiger partial charge in [-0.05, 0) is 42.0 Å². The molecule has 3 aromatic rings. The normalized spacial score (nSPS) is 13.4. The van der Waals surface area contributed by atoms with E-state index in [4.69, 9.17) is 22.1 Å². The zero-order valence-corrected chi connectivity index (χ0v) is 12.2. The molecule has 0 atom stereocenters. The fourth-order valence-corrected chi connectivity index (χ4v) is 3.27. The van der Waals surface area contributed by atoms with Crippen molar-refractivity contribution in [1.82, 2.24) is 4.57 Å². The Hall–Kier alpha value is -2.13. The minimum Gasteiger partial charge on any atom is -0.493 e. The Morgan fingerprint density at radius 1 is 1.19 bits per heavy atom. The van der Waals surface area contributed by atoms with E-state index in [2.05, 4.69) is 22.9 Å². The minimum atomic E-state index is 0.742. The lowest BCUT2D eigenvalue weighted by Crippen LogP contribution is -2.00. The Bertz CT molecular complexity index is 838. The summed E-state index contributed by atoms with van der Waals surface area (Å²) in [5, 5.41) is 1.92. The molecule has 0 fully saturated rings. The summed E-state index contributed by atoms with van der Waals surface area (Å²) in [6.07, 6.45) is 3.01. The van der Waals surface area contributed by atoms with E-state index < -0.39 is 0 Å². The first-order valence-corrected chi connectivity index (χ1v) is 7.37. The van der Waals surface area contributed by atoms with Crippen LogP contribution in [0.3, 0.4) is 0 Å². The number of rotatable bonds is 2. The molecule has 1 aliphatic heterocycles. The van der Waals surface area contributed by atoms with Gasteiger partial charge in [0, 0.05) is 39.8 Å². The van der Waals surface area contributed by atoms with Crippen LogP contribution in [-0.4, -0.2) is 11.2 Å². The molecule has 21 heavy (non-hydrogen) atoms. The lowest BCUT2D eigenvalue weighted by Gasteiger charge is -2.11. The molecule has 0 amide bonds. The van der Waals surface area contributed by atoms with Gasteiger partial charge in [-0.25, -0.2) is 0 Å². The summed E-state index contributed by atoms with van der Waals surface area (Å²) < 4.78 is 7.97. The highest BCUT2D eigenvalue weighted by Gasteiger charge is 2.18. The van der Waals surface area contributed by atoms with Crippen LogP contribution in [0.1, 0.15) is 11.1 Å². The summed E-state index contributed by atoms with van der Waals surface area (Å²) in [6, 6.07) is 12.0. The van der Waals surface area contributed by atoms with Crippen molar-refractivity contribution >= 4 is 28.2 Å². The number of aromatic nitrogens is 1. The van der Waals surface area contributed by atoms with Crippen molar-refractivity contribution in [2.45, 2.75) is 13.0 Å². The predicted molar refractivity (Wildman–Crippen MR) is 86.1 cm³/mol. The Kier molecular flexibility index (Phi) is 2.82. The molecule has 4 rings (SSSR count). The van der Waals surface area contributed by atoms with Crippen molar-refractivity contribution in [3.05, 3.63) is 58.7 Å². The highest BCUT2D eigenvalue weighted by molar-refractivity contribution is 6.30. The zero-order valence-electron chi connectivity index (χ0n) is 11.5. The Balaban J connectivity index is 1.79. The second kappa shape index (κ2) is 4.71. The lowest BCUT2D eigenvalue weighted by molar-refractivity contribution is 0.353. The van der Waals surface area contributed by atoms with Crippen molar-refractivity contribution in [3.8, 4) is 5.75 Å². The first-order chi connectivity index (χ1) is 10.2. The summed E-state index contributed by atoms with van der Waals surface area (Å²) in [7, 11) is 0. The van der Waals surface area contributed by atoms with E-state index in [0.717, 1.165) is 52.5 Å². The minimum absolute atomic E-state index is 0.742. The number of benzene rings is 2. The summed E-state index contributed by atoms with van der Waals surface area (Å²) in [4.78, 5) is 0. The number of ether oxygens (including phenoxy) is 1. The van der Waals surface area contributed by atoms with Crippen LogP contribution in [0.25, 0.3) is 10.9 Å². The fourth-order valence-electron chi connectivity index (χ4n) is 3.00. The fraction of sp³-hybridized carbons (Fsp3) is 0.176. The van der Waals surface area contributed by atoms with Gasteiger partial charge < -0.3 is 15.0 Å². The molecule has 2 aromatic carbocycles. The maximum Gasteiger partial charge on any atom is 0.127 e. The molecular formula is C17H15ClN2O. The summed E-state index contributed by atoms with van der Waals surface area (Å²) in [5.41, 5.74) is 10.1. The van der Waals surface area contributed by atoms with Gasteiger partial charge >= 0.3 is 0 Å². The van der Waals surface area contributed by atoms with Gasteiger partial charge in [-0.15, -0.1) is 0 Å². The van der Waals surface area contributed by atoms with Crippen molar-refractivity contribution in [3.63, 3.8) is 0 Å². The quantitative estimate of drug-likeness (QED) is 0.730. The number of nitrogens with two attached hydrogens (primary N) is 1. The first-order valence-electron chi connectivity index (χ1n) is 6.99. The standard InChI is InChI=1S/C17H15ClN2O/c18-14-7-12-4-6-21-17(12)13(8-14)10-20-5-3-11-9-15(19)1-2-16(11)20/h1-3,5,7-9H,4,6,10,19H2.